The van der Waals surface area contributed by atoms with Crippen LogP contribution in [0.5, 0.6) is 0 Å². The van der Waals surface area contributed by atoms with Gasteiger partial charge in [-0.2, -0.15) is 4.40 Å². The third kappa shape index (κ3) is 3.39. The zero-order valence-corrected chi connectivity index (χ0v) is 20.1. The topological polar surface area (TPSA) is 99.0 Å². The molecule has 3 aromatic heterocycles. The maximum Gasteiger partial charge on any atom is 0.352 e. The Hall–Kier alpha value is -2.69. The van der Waals surface area contributed by atoms with Gasteiger partial charge in [-0.25, -0.2) is 9.36 Å². The minimum absolute atomic E-state index is 0.0487. The second-order valence-electron chi connectivity index (χ2n) is 8.52. The minimum Gasteiger partial charge on any atom is -0.477 e. The molecule has 5 heterocycles. The van der Waals surface area contributed by atoms with Crippen LogP contribution in [0.4, 0.5) is 0 Å². The molecule has 1 amide bonds. The van der Waals surface area contributed by atoms with Gasteiger partial charge in [0.1, 0.15) is 11.9 Å². The van der Waals surface area contributed by atoms with Crippen molar-refractivity contribution in [3.63, 3.8) is 0 Å². The summed E-state index contributed by atoms with van der Waals surface area (Å²) in [6, 6.07) is 5.59. The number of carboxylic acids is 1. The van der Waals surface area contributed by atoms with Crippen molar-refractivity contribution in [2.75, 3.05) is 6.26 Å². The predicted octanol–water partition coefficient (Wildman–Crippen LogP) is 2.30. The van der Waals surface area contributed by atoms with Gasteiger partial charge in [-0.15, -0.1) is 0 Å². The second kappa shape index (κ2) is 8.27. The number of fused-ring (bicyclic) bond motifs is 2. The van der Waals surface area contributed by atoms with Gasteiger partial charge in [0, 0.05) is 29.8 Å². The Balaban J connectivity index is 1.51. The summed E-state index contributed by atoms with van der Waals surface area (Å²) in [6.45, 7) is 4.33. The van der Waals surface area contributed by atoms with Crippen LogP contribution < -0.4 is 4.57 Å². The minimum atomic E-state index is -1.11. The van der Waals surface area contributed by atoms with E-state index >= 15 is 0 Å². The zero-order valence-electron chi connectivity index (χ0n) is 18.5. The number of carbonyl (C=O) groups excluding carboxylic acids is 1. The number of rotatable bonds is 7. The van der Waals surface area contributed by atoms with Crippen molar-refractivity contribution in [3.8, 4) is 0 Å². The van der Waals surface area contributed by atoms with Crippen molar-refractivity contribution in [2.24, 2.45) is 11.8 Å². The molecule has 1 saturated heterocycles. The maximum absolute atomic E-state index is 12.6. The van der Waals surface area contributed by atoms with E-state index in [4.69, 9.17) is 0 Å². The first-order valence-electron chi connectivity index (χ1n) is 10.8. The largest absolute Gasteiger partial charge is 0.477 e. The van der Waals surface area contributed by atoms with E-state index in [0.717, 1.165) is 33.4 Å². The molecule has 0 unspecified atom stereocenters. The van der Waals surface area contributed by atoms with Crippen LogP contribution in [0.15, 0.2) is 47.6 Å². The van der Waals surface area contributed by atoms with Gasteiger partial charge < -0.3 is 15.1 Å². The molecule has 0 saturated carbocycles. The molecule has 1 fully saturated rings. The summed E-state index contributed by atoms with van der Waals surface area (Å²) in [5, 5.41) is 21.1. The predicted molar refractivity (Wildman–Crippen MR) is 125 cm³/mol. The van der Waals surface area contributed by atoms with Gasteiger partial charge in [0.15, 0.2) is 0 Å². The van der Waals surface area contributed by atoms with Gasteiger partial charge in [-0.05, 0) is 25.3 Å². The lowest BCUT2D eigenvalue weighted by Crippen LogP contribution is -2.63. The number of nitrogens with zero attached hydrogens (tertiary/aromatic N) is 4. The van der Waals surface area contributed by atoms with Gasteiger partial charge in [0.05, 0.1) is 29.5 Å². The first kappa shape index (κ1) is 22.1. The normalized spacial score (nSPS) is 23.2. The number of hydrogen-bond acceptors (Lipinski definition) is 6. The molecule has 5 rings (SSSR count). The summed E-state index contributed by atoms with van der Waals surface area (Å²) in [4.78, 5) is 32.4. The van der Waals surface area contributed by atoms with Crippen molar-refractivity contribution in [2.45, 2.75) is 44.0 Å². The summed E-state index contributed by atoms with van der Waals surface area (Å²) >= 11 is 3.19. The molecular weight excluding hydrogens is 460 g/mol. The van der Waals surface area contributed by atoms with Crippen LogP contribution in [0, 0.1) is 11.8 Å². The number of carboxylic acid groups (broad SMARTS) is 1. The molecule has 0 bridgehead atoms. The summed E-state index contributed by atoms with van der Waals surface area (Å²) < 4.78 is 4.23. The average molecular weight is 486 g/mol. The number of carbonyl (C=O) groups is 2. The molecule has 172 valence electrons. The number of aliphatic carboxylic acids is 1. The number of aryl methyl sites for hydroxylation is 2. The fourth-order valence-corrected chi connectivity index (χ4v) is 7.30. The number of imidazole rings is 1. The first-order valence-corrected chi connectivity index (χ1v) is 12.8. The van der Waals surface area contributed by atoms with Crippen LogP contribution >= 0.6 is 23.1 Å². The Morgan fingerprint density at radius 2 is 2.18 bits per heavy atom. The molecule has 2 aliphatic heterocycles. The quantitative estimate of drug-likeness (QED) is 0.303. The number of amides is 1. The van der Waals surface area contributed by atoms with Gasteiger partial charge in [-0.3, -0.25) is 9.78 Å². The zero-order chi connectivity index (χ0) is 23.4. The molecule has 10 heteroatoms. The van der Waals surface area contributed by atoms with E-state index in [9.17, 15) is 19.8 Å². The number of aromatic nitrogens is 3. The molecular formula is C23H25N4O4S2+. The smallest absolute Gasteiger partial charge is 0.352 e. The van der Waals surface area contributed by atoms with Crippen molar-refractivity contribution < 1.29 is 24.4 Å². The first-order chi connectivity index (χ1) is 15.8. The molecule has 8 nitrogen and oxygen atoms in total. The average Bonchev–Trinajstić information content (AvgIpc) is 3.39. The fraction of sp³-hybridized carbons (Fsp3) is 0.391. The van der Waals surface area contributed by atoms with Crippen LogP contribution in [-0.2, 0) is 22.6 Å². The molecule has 0 aliphatic carbocycles. The van der Waals surface area contributed by atoms with Crippen LogP contribution in [0.25, 0.3) is 10.4 Å². The molecule has 0 aromatic carbocycles. The molecule has 4 atom stereocenters. The second-order valence-corrected chi connectivity index (χ2v) is 10.3. The van der Waals surface area contributed by atoms with Gasteiger partial charge >= 0.3 is 5.97 Å². The number of thiazole rings is 1. The van der Waals surface area contributed by atoms with E-state index in [1.165, 1.54) is 16.2 Å². The van der Waals surface area contributed by atoms with E-state index in [2.05, 4.69) is 9.55 Å². The molecule has 0 radical (unpaired) electrons. The number of β-lactam (4-membered cyclic amide) rings is 1. The maximum atomic E-state index is 12.6. The van der Waals surface area contributed by atoms with Crippen molar-refractivity contribution in [1.29, 1.82) is 0 Å². The number of pyridine rings is 1. The summed E-state index contributed by atoms with van der Waals surface area (Å²) in [5.41, 5.74) is 1.75. The summed E-state index contributed by atoms with van der Waals surface area (Å²) in [7, 11) is 0. The van der Waals surface area contributed by atoms with Crippen LogP contribution in [0.2, 0.25) is 0 Å². The lowest BCUT2D eigenvalue weighted by atomic mass is 9.77. The van der Waals surface area contributed by atoms with Crippen molar-refractivity contribution in [3.05, 3.63) is 53.2 Å². The third-order valence-electron chi connectivity index (χ3n) is 6.57. The van der Waals surface area contributed by atoms with E-state index in [1.54, 1.807) is 24.9 Å². The molecule has 2 N–H and O–H groups in total. The lowest BCUT2D eigenvalue weighted by molar-refractivity contribution is -0.729. The van der Waals surface area contributed by atoms with E-state index in [0.29, 0.717) is 5.57 Å². The molecule has 0 spiro atoms. The summed E-state index contributed by atoms with van der Waals surface area (Å²) in [5.74, 6) is -2.15. The highest BCUT2D eigenvalue weighted by atomic mass is 32.2. The molecule has 2 aliphatic rings. The highest BCUT2D eigenvalue weighted by Crippen LogP contribution is 2.51. The van der Waals surface area contributed by atoms with Crippen molar-refractivity contribution >= 4 is 45.4 Å². The number of thioether (sulfide) groups is 1. The Morgan fingerprint density at radius 1 is 1.39 bits per heavy atom. The van der Waals surface area contributed by atoms with E-state index in [1.807, 2.05) is 48.3 Å². The Bertz CT molecular complexity index is 1280. The SMILES string of the molecule is CSc1c2sc(C3=C(C(=O)O)N4C(=O)[C@H]([C@@H](C)O)[C@H]4[C@H]3C)cn2c[n+]1CCc1ccccn1. The highest BCUT2D eigenvalue weighted by molar-refractivity contribution is 7.98. The lowest BCUT2D eigenvalue weighted by Gasteiger charge is -2.46. The number of aliphatic hydroxyl groups is 1. The molecule has 33 heavy (non-hydrogen) atoms. The van der Waals surface area contributed by atoms with Crippen LogP contribution in [-0.4, -0.2) is 54.8 Å². The van der Waals surface area contributed by atoms with Gasteiger partial charge in [-0.1, -0.05) is 36.1 Å². The van der Waals surface area contributed by atoms with E-state index < -0.39 is 18.0 Å². The Labute approximate surface area is 199 Å². The number of aliphatic hydroxyl groups excluding tert-OH is 1. The monoisotopic (exact) mass is 485 g/mol. The third-order valence-corrected chi connectivity index (χ3v) is 8.66. The van der Waals surface area contributed by atoms with Crippen LogP contribution in [0.1, 0.15) is 24.4 Å². The van der Waals surface area contributed by atoms with Crippen LogP contribution in [0.3, 0.4) is 0 Å². The standard InChI is InChI=1S/C23H24N4O4S2/c1-12-16(19(23(30)31)27-18(12)17(13(2)28)20(27)29)15-10-26-11-25(21(32-3)22(26)33-15)9-7-14-6-4-5-8-24-14/h4-6,8,10-13,17-18,28H,7,9H2,1-3H3/p+1/t12-,13+,17+,18+/m0/s1. The summed E-state index contributed by atoms with van der Waals surface area (Å²) in [6.07, 6.45) is 7.82. The number of hydrogen-bond donors (Lipinski definition) is 2. The Morgan fingerprint density at radius 3 is 2.82 bits per heavy atom. The van der Waals surface area contributed by atoms with Gasteiger partial charge in [0.2, 0.25) is 15.8 Å². The van der Waals surface area contributed by atoms with Crippen molar-refractivity contribution in [1.82, 2.24) is 14.3 Å². The Kier molecular flexibility index (Phi) is 5.54. The highest BCUT2D eigenvalue weighted by Gasteiger charge is 2.60. The fourth-order valence-electron chi connectivity index (χ4n) is 5.10. The van der Waals surface area contributed by atoms with E-state index in [-0.39, 0.29) is 23.6 Å². The molecule has 3 aromatic rings. The van der Waals surface area contributed by atoms with Gasteiger partial charge in [0.25, 0.3) is 6.33 Å².